The minimum atomic E-state index is -0.527. The quantitative estimate of drug-likeness (QED) is 0.0690. The summed E-state index contributed by atoms with van der Waals surface area (Å²) in [4.78, 5) is 12.7. The van der Waals surface area contributed by atoms with Crippen molar-refractivity contribution in [2.24, 2.45) is 17.3 Å². The zero-order valence-electron chi connectivity index (χ0n) is 32.1. The highest BCUT2D eigenvalue weighted by molar-refractivity contribution is 5.75. The van der Waals surface area contributed by atoms with Crippen molar-refractivity contribution >= 4 is 5.97 Å². The summed E-state index contributed by atoms with van der Waals surface area (Å²) in [6, 6.07) is 0. The van der Waals surface area contributed by atoms with Crippen molar-refractivity contribution in [1.82, 2.24) is 0 Å². The largest absolute Gasteiger partial charge is 0.481 e. The number of carboxylic acid groups (broad SMARTS) is 1. The Labute approximate surface area is 285 Å². The Morgan fingerprint density at radius 1 is 0.444 bits per heavy atom. The zero-order chi connectivity index (χ0) is 33.3. The van der Waals surface area contributed by atoms with Crippen LogP contribution in [0.3, 0.4) is 0 Å². The molecule has 0 rings (SSSR count). The second-order valence-electron chi connectivity index (χ2n) is 15.5. The summed E-state index contributed by atoms with van der Waals surface area (Å²) < 4.78 is 0. The van der Waals surface area contributed by atoms with Crippen LogP contribution in [0.15, 0.2) is 0 Å². The second-order valence-corrected chi connectivity index (χ2v) is 15.5. The molecule has 2 nitrogen and oxygen atoms in total. The second kappa shape index (κ2) is 33.4. The molecule has 270 valence electrons. The van der Waals surface area contributed by atoms with Crippen molar-refractivity contribution in [3.8, 4) is 0 Å². The van der Waals surface area contributed by atoms with Crippen molar-refractivity contribution in [2.75, 3.05) is 0 Å². The van der Waals surface area contributed by atoms with Gasteiger partial charge in [0.05, 0.1) is 5.41 Å². The van der Waals surface area contributed by atoms with E-state index in [-0.39, 0.29) is 0 Å². The van der Waals surface area contributed by atoms with Gasteiger partial charge in [-0.2, -0.15) is 0 Å². The molecule has 0 amide bonds. The molecule has 0 fully saturated rings. The van der Waals surface area contributed by atoms with Gasteiger partial charge >= 0.3 is 5.97 Å². The highest BCUT2D eigenvalue weighted by Crippen LogP contribution is 2.44. The summed E-state index contributed by atoms with van der Waals surface area (Å²) in [6.07, 6.45) is 45.4. The van der Waals surface area contributed by atoms with Gasteiger partial charge < -0.3 is 5.11 Å². The molecule has 0 saturated carbocycles. The van der Waals surface area contributed by atoms with E-state index >= 15 is 0 Å². The number of aliphatic carboxylic acids is 1. The Bertz CT molecular complexity index is 599. The first-order valence-electron chi connectivity index (χ1n) is 21.2. The van der Waals surface area contributed by atoms with E-state index in [4.69, 9.17) is 0 Å². The molecule has 0 saturated heterocycles. The van der Waals surface area contributed by atoms with Crippen molar-refractivity contribution in [1.29, 1.82) is 0 Å². The summed E-state index contributed by atoms with van der Waals surface area (Å²) in [5, 5.41) is 10.5. The number of rotatable bonds is 37. The van der Waals surface area contributed by atoms with Crippen molar-refractivity contribution in [3.05, 3.63) is 0 Å². The molecule has 2 heteroatoms. The predicted molar refractivity (Wildman–Crippen MR) is 202 cm³/mol. The highest BCUT2D eigenvalue weighted by atomic mass is 16.4. The van der Waals surface area contributed by atoms with E-state index < -0.39 is 11.4 Å². The van der Waals surface area contributed by atoms with Crippen molar-refractivity contribution in [3.63, 3.8) is 0 Å². The fourth-order valence-corrected chi connectivity index (χ4v) is 8.01. The van der Waals surface area contributed by atoms with Gasteiger partial charge in [0.25, 0.3) is 0 Å². The first-order valence-corrected chi connectivity index (χ1v) is 21.2. The molecule has 0 aromatic carbocycles. The summed E-state index contributed by atoms with van der Waals surface area (Å²) >= 11 is 0. The molecule has 0 bridgehead atoms. The molecule has 0 aromatic rings. The molecular weight excluding hydrogens is 548 g/mol. The fraction of sp³-hybridized carbons (Fsp3) is 0.977. The van der Waals surface area contributed by atoms with Gasteiger partial charge in [-0.1, -0.05) is 234 Å². The predicted octanol–water partition coefficient (Wildman–Crippen LogP) is 15.7. The monoisotopic (exact) mass is 635 g/mol. The minimum Gasteiger partial charge on any atom is -0.481 e. The van der Waals surface area contributed by atoms with Gasteiger partial charge in [-0.3, -0.25) is 4.79 Å². The average molecular weight is 635 g/mol. The van der Waals surface area contributed by atoms with Crippen LogP contribution in [0.4, 0.5) is 0 Å². The van der Waals surface area contributed by atoms with Gasteiger partial charge in [0.2, 0.25) is 0 Å². The summed E-state index contributed by atoms with van der Waals surface area (Å²) in [7, 11) is 0. The maximum absolute atomic E-state index is 12.7. The lowest BCUT2D eigenvalue weighted by molar-refractivity contribution is -0.155. The molecule has 1 N–H and O–H groups in total. The normalized spacial score (nSPS) is 13.8. The number of carbonyl (C=O) groups is 1. The maximum Gasteiger partial charge on any atom is 0.309 e. The number of unbranched alkanes of at least 4 members (excludes halogenated alkanes) is 29. The minimum absolute atomic E-state index is 0.304. The molecule has 0 aromatic heterocycles. The van der Waals surface area contributed by atoms with Gasteiger partial charge in [-0.15, -0.1) is 0 Å². The molecule has 2 atom stereocenters. The Balaban J connectivity index is 4.01. The smallest absolute Gasteiger partial charge is 0.309 e. The molecule has 0 aliphatic heterocycles. The Kier molecular flexibility index (Phi) is 33.0. The van der Waals surface area contributed by atoms with Crippen LogP contribution in [0.5, 0.6) is 0 Å². The van der Waals surface area contributed by atoms with Crippen molar-refractivity contribution in [2.45, 2.75) is 253 Å². The molecule has 2 unspecified atom stereocenters. The van der Waals surface area contributed by atoms with Crippen molar-refractivity contribution < 1.29 is 9.90 Å². The standard InChI is InChI=1S/C43H86O2/c1-6-9-11-13-15-17-19-21-22-23-24-25-27-29-31-33-35-37-39-43(8-3,42(44)45)41(40(4)5)38-36-34-32-30-28-26-20-18-16-14-12-10-7-2/h40-41H,6-39H2,1-5H3,(H,44,45). The molecule has 45 heavy (non-hydrogen) atoms. The average Bonchev–Trinajstić information content (AvgIpc) is 3.02. The van der Waals surface area contributed by atoms with Gasteiger partial charge in [-0.25, -0.2) is 0 Å². The number of hydrogen-bond donors (Lipinski definition) is 1. The van der Waals surface area contributed by atoms with Crippen LogP contribution in [-0.4, -0.2) is 11.1 Å². The van der Waals surface area contributed by atoms with Crippen LogP contribution < -0.4 is 0 Å². The third-order valence-corrected chi connectivity index (χ3v) is 11.2. The van der Waals surface area contributed by atoms with E-state index in [2.05, 4.69) is 34.6 Å². The van der Waals surface area contributed by atoms with Gasteiger partial charge in [0, 0.05) is 0 Å². The molecule has 0 aliphatic rings. The molecule has 0 spiro atoms. The molecular formula is C43H86O2. The van der Waals surface area contributed by atoms with Crippen LogP contribution in [0.1, 0.15) is 253 Å². The van der Waals surface area contributed by atoms with E-state index in [0.717, 1.165) is 25.7 Å². The Hall–Kier alpha value is -0.530. The Morgan fingerprint density at radius 2 is 0.711 bits per heavy atom. The maximum atomic E-state index is 12.7. The number of hydrogen-bond acceptors (Lipinski definition) is 1. The van der Waals surface area contributed by atoms with E-state index in [1.807, 2.05) is 0 Å². The van der Waals surface area contributed by atoms with Crippen LogP contribution in [0, 0.1) is 17.3 Å². The fourth-order valence-electron chi connectivity index (χ4n) is 8.01. The first kappa shape index (κ1) is 44.5. The summed E-state index contributed by atoms with van der Waals surface area (Å²) in [6.45, 7) is 11.3. The van der Waals surface area contributed by atoms with E-state index in [9.17, 15) is 9.90 Å². The van der Waals surface area contributed by atoms with Gasteiger partial charge in [0.1, 0.15) is 0 Å². The third kappa shape index (κ3) is 25.2. The van der Waals surface area contributed by atoms with E-state index in [1.54, 1.807) is 0 Å². The topological polar surface area (TPSA) is 37.3 Å². The molecule has 0 heterocycles. The SMILES string of the molecule is CCCCCCCCCCCCCCCCCCCCC(CC)(C(=O)O)C(CCCCCCCCCCCCCCC)C(C)C. The lowest BCUT2D eigenvalue weighted by Gasteiger charge is -2.39. The van der Waals surface area contributed by atoms with Crippen LogP contribution in [-0.2, 0) is 4.79 Å². The molecule has 0 aliphatic carbocycles. The lowest BCUT2D eigenvalue weighted by Crippen LogP contribution is -2.41. The highest BCUT2D eigenvalue weighted by Gasteiger charge is 2.44. The van der Waals surface area contributed by atoms with Crippen LogP contribution in [0.2, 0.25) is 0 Å². The van der Waals surface area contributed by atoms with E-state index in [0.29, 0.717) is 11.8 Å². The Morgan fingerprint density at radius 3 is 0.956 bits per heavy atom. The molecule has 0 radical (unpaired) electrons. The summed E-state index contributed by atoms with van der Waals surface area (Å²) in [5.41, 5.74) is -0.527. The lowest BCUT2D eigenvalue weighted by atomic mass is 9.64. The van der Waals surface area contributed by atoms with Crippen LogP contribution in [0.25, 0.3) is 0 Å². The van der Waals surface area contributed by atoms with Gasteiger partial charge in [0.15, 0.2) is 0 Å². The van der Waals surface area contributed by atoms with Crippen LogP contribution >= 0.6 is 0 Å². The first-order chi connectivity index (χ1) is 22.0. The van der Waals surface area contributed by atoms with E-state index in [1.165, 1.54) is 193 Å². The zero-order valence-corrected chi connectivity index (χ0v) is 32.1. The third-order valence-electron chi connectivity index (χ3n) is 11.2. The summed E-state index contributed by atoms with van der Waals surface area (Å²) in [5.74, 6) is 0.220. The van der Waals surface area contributed by atoms with Gasteiger partial charge in [-0.05, 0) is 31.1 Å². The number of carboxylic acids is 1.